The van der Waals surface area contributed by atoms with Crippen molar-refractivity contribution in [3.05, 3.63) is 21.3 Å². The van der Waals surface area contributed by atoms with Gasteiger partial charge in [0.1, 0.15) is 0 Å². The first-order valence-electron chi connectivity index (χ1n) is 5.40. The van der Waals surface area contributed by atoms with Crippen molar-refractivity contribution in [3.63, 3.8) is 0 Å². The van der Waals surface area contributed by atoms with Gasteiger partial charge in [0.05, 0.1) is 4.34 Å². The van der Waals surface area contributed by atoms with Crippen molar-refractivity contribution in [2.45, 2.75) is 25.3 Å². The summed E-state index contributed by atoms with van der Waals surface area (Å²) < 4.78 is 0.902. The van der Waals surface area contributed by atoms with Gasteiger partial charge < -0.3 is 5.32 Å². The second-order valence-electron chi connectivity index (χ2n) is 3.80. The van der Waals surface area contributed by atoms with Gasteiger partial charge in [0.15, 0.2) is 0 Å². The van der Waals surface area contributed by atoms with Gasteiger partial charge in [0.25, 0.3) is 0 Å². The predicted octanol–water partition coefficient (Wildman–Crippen LogP) is 3.43. The van der Waals surface area contributed by atoms with E-state index in [4.69, 9.17) is 11.6 Å². The summed E-state index contributed by atoms with van der Waals surface area (Å²) in [7, 11) is 0. The van der Waals surface area contributed by atoms with Crippen LogP contribution in [0.1, 0.15) is 17.7 Å². The Balaban J connectivity index is 1.65. The highest BCUT2D eigenvalue weighted by molar-refractivity contribution is 7.99. The quantitative estimate of drug-likeness (QED) is 0.891. The topological polar surface area (TPSA) is 12.0 Å². The third kappa shape index (κ3) is 3.99. The van der Waals surface area contributed by atoms with E-state index in [0.717, 1.165) is 23.3 Å². The van der Waals surface area contributed by atoms with E-state index < -0.39 is 0 Å². The highest BCUT2D eigenvalue weighted by Crippen LogP contribution is 2.22. The molecule has 15 heavy (non-hydrogen) atoms. The van der Waals surface area contributed by atoms with E-state index in [9.17, 15) is 0 Å². The molecule has 84 valence electrons. The maximum atomic E-state index is 5.88. The Kier molecular flexibility index (Phi) is 4.82. The summed E-state index contributed by atoms with van der Waals surface area (Å²) in [5, 5.41) is 3.63. The summed E-state index contributed by atoms with van der Waals surface area (Å²) in [5.74, 6) is 2.64. The van der Waals surface area contributed by atoms with Crippen LogP contribution in [0, 0.1) is 0 Å². The number of halogens is 1. The Bertz CT molecular complexity index is 295. The maximum absolute atomic E-state index is 5.88. The van der Waals surface area contributed by atoms with Crippen molar-refractivity contribution in [2.75, 3.05) is 18.1 Å². The van der Waals surface area contributed by atoms with E-state index in [-0.39, 0.29) is 0 Å². The molecule has 1 saturated heterocycles. The summed E-state index contributed by atoms with van der Waals surface area (Å²) in [6.07, 6.45) is 3.77. The summed E-state index contributed by atoms with van der Waals surface area (Å²) in [6, 6.07) is 4.87. The van der Waals surface area contributed by atoms with Crippen molar-refractivity contribution in [3.8, 4) is 0 Å². The third-order valence-corrected chi connectivity index (χ3v) is 4.99. The highest BCUT2D eigenvalue weighted by atomic mass is 35.5. The Morgan fingerprint density at radius 3 is 2.80 bits per heavy atom. The molecule has 0 saturated carbocycles. The molecule has 4 heteroatoms. The standard InChI is InChI=1S/C11H16ClNS2/c12-11-2-1-10(15-11)3-6-13-9-4-7-14-8-5-9/h1-2,9,13H,3-8H2. The van der Waals surface area contributed by atoms with E-state index >= 15 is 0 Å². The monoisotopic (exact) mass is 261 g/mol. The maximum Gasteiger partial charge on any atom is 0.0931 e. The molecule has 0 unspecified atom stereocenters. The Morgan fingerprint density at radius 1 is 1.33 bits per heavy atom. The molecule has 0 radical (unpaired) electrons. The molecule has 1 aromatic heterocycles. The van der Waals surface area contributed by atoms with Crippen LogP contribution in [0.25, 0.3) is 0 Å². The van der Waals surface area contributed by atoms with Crippen molar-refractivity contribution >= 4 is 34.7 Å². The lowest BCUT2D eigenvalue weighted by Gasteiger charge is -2.22. The minimum atomic E-state index is 0.752. The minimum absolute atomic E-state index is 0.752. The Morgan fingerprint density at radius 2 is 2.13 bits per heavy atom. The molecule has 1 aromatic rings. The Hall–Kier alpha value is 0.300. The molecule has 1 N–H and O–H groups in total. The second-order valence-corrected chi connectivity index (χ2v) is 6.82. The van der Waals surface area contributed by atoms with Crippen molar-refractivity contribution in [1.82, 2.24) is 5.32 Å². The van der Waals surface area contributed by atoms with Crippen LogP contribution < -0.4 is 5.32 Å². The molecule has 2 rings (SSSR count). The fourth-order valence-corrected chi connectivity index (χ4v) is 3.98. The average Bonchev–Trinajstić information content (AvgIpc) is 2.66. The summed E-state index contributed by atoms with van der Waals surface area (Å²) >= 11 is 9.66. The zero-order chi connectivity index (χ0) is 10.5. The highest BCUT2D eigenvalue weighted by Gasteiger charge is 2.12. The molecular formula is C11H16ClNS2. The SMILES string of the molecule is Clc1ccc(CCNC2CCSCC2)s1. The van der Waals surface area contributed by atoms with E-state index in [2.05, 4.69) is 23.1 Å². The van der Waals surface area contributed by atoms with E-state index in [1.165, 1.54) is 29.2 Å². The van der Waals surface area contributed by atoms with Crippen LogP contribution in [0.4, 0.5) is 0 Å². The first-order chi connectivity index (χ1) is 7.34. The molecule has 0 amide bonds. The summed E-state index contributed by atoms with van der Waals surface area (Å²) in [5.41, 5.74) is 0. The molecular weight excluding hydrogens is 246 g/mol. The number of thiophene rings is 1. The van der Waals surface area contributed by atoms with Crippen LogP contribution in [0.3, 0.4) is 0 Å². The summed E-state index contributed by atoms with van der Waals surface area (Å²) in [4.78, 5) is 1.39. The molecule has 0 spiro atoms. The van der Waals surface area contributed by atoms with E-state index in [0.29, 0.717) is 0 Å². The predicted molar refractivity (Wildman–Crippen MR) is 71.4 cm³/mol. The lowest BCUT2D eigenvalue weighted by Crippen LogP contribution is -2.33. The van der Waals surface area contributed by atoms with Crippen LogP contribution in [-0.2, 0) is 6.42 Å². The van der Waals surface area contributed by atoms with Gasteiger partial charge in [-0.3, -0.25) is 0 Å². The van der Waals surface area contributed by atoms with Gasteiger partial charge >= 0.3 is 0 Å². The second kappa shape index (κ2) is 6.14. The van der Waals surface area contributed by atoms with Gasteiger partial charge in [0.2, 0.25) is 0 Å². The van der Waals surface area contributed by atoms with Crippen LogP contribution in [0.2, 0.25) is 4.34 Å². The van der Waals surface area contributed by atoms with Gasteiger partial charge in [-0.05, 0) is 42.9 Å². The zero-order valence-corrected chi connectivity index (χ0v) is 11.1. The number of thioether (sulfide) groups is 1. The normalized spacial score (nSPS) is 18.2. The first-order valence-corrected chi connectivity index (χ1v) is 7.75. The van der Waals surface area contributed by atoms with Gasteiger partial charge in [-0.25, -0.2) is 0 Å². The lowest BCUT2D eigenvalue weighted by molar-refractivity contribution is 0.487. The molecule has 0 atom stereocenters. The average molecular weight is 262 g/mol. The van der Waals surface area contributed by atoms with Gasteiger partial charge in [0, 0.05) is 17.5 Å². The van der Waals surface area contributed by atoms with Gasteiger partial charge in [-0.15, -0.1) is 11.3 Å². The molecule has 1 fully saturated rings. The molecule has 0 aliphatic carbocycles. The number of rotatable bonds is 4. The first kappa shape index (κ1) is 11.8. The zero-order valence-electron chi connectivity index (χ0n) is 8.67. The van der Waals surface area contributed by atoms with Crippen molar-refractivity contribution in [2.24, 2.45) is 0 Å². The smallest absolute Gasteiger partial charge is 0.0931 e. The van der Waals surface area contributed by atoms with Gasteiger partial charge in [-0.2, -0.15) is 11.8 Å². The van der Waals surface area contributed by atoms with Crippen LogP contribution in [0.5, 0.6) is 0 Å². The number of hydrogen-bond donors (Lipinski definition) is 1. The molecule has 1 aliphatic rings. The lowest BCUT2D eigenvalue weighted by atomic mass is 10.1. The molecule has 1 aliphatic heterocycles. The fourth-order valence-electron chi connectivity index (χ4n) is 1.79. The van der Waals surface area contributed by atoms with Crippen LogP contribution in [-0.4, -0.2) is 24.1 Å². The van der Waals surface area contributed by atoms with Crippen molar-refractivity contribution < 1.29 is 0 Å². The van der Waals surface area contributed by atoms with Gasteiger partial charge in [-0.1, -0.05) is 11.6 Å². The molecule has 0 bridgehead atoms. The summed E-state index contributed by atoms with van der Waals surface area (Å²) in [6.45, 7) is 1.09. The molecule has 0 aromatic carbocycles. The van der Waals surface area contributed by atoms with E-state index in [1.807, 2.05) is 6.07 Å². The number of nitrogens with one attached hydrogen (secondary N) is 1. The van der Waals surface area contributed by atoms with E-state index in [1.54, 1.807) is 11.3 Å². The largest absolute Gasteiger partial charge is 0.314 e. The molecule has 2 heterocycles. The minimum Gasteiger partial charge on any atom is -0.314 e. The van der Waals surface area contributed by atoms with Crippen LogP contribution in [0.15, 0.2) is 12.1 Å². The Labute approximate surface area is 105 Å². The molecule has 1 nitrogen and oxygen atoms in total. The third-order valence-electron chi connectivity index (χ3n) is 2.65. The van der Waals surface area contributed by atoms with Crippen molar-refractivity contribution in [1.29, 1.82) is 0 Å². The van der Waals surface area contributed by atoms with Crippen LogP contribution >= 0.6 is 34.7 Å². The number of hydrogen-bond acceptors (Lipinski definition) is 3. The fraction of sp³-hybridized carbons (Fsp3) is 0.636.